The fraction of sp³-hybridized carbons (Fsp3) is 0.514. The monoisotopic (exact) mass is 603 g/mol. The topological polar surface area (TPSA) is 87.7 Å². The van der Waals surface area contributed by atoms with Crippen molar-refractivity contribution < 1.29 is 19.1 Å². The Kier molecular flexibility index (Phi) is 8.16. The van der Waals surface area contributed by atoms with Crippen LogP contribution in [0.5, 0.6) is 0 Å². The molecular formula is C35H42ClN3O4. The average molecular weight is 604 g/mol. The summed E-state index contributed by atoms with van der Waals surface area (Å²) in [4.78, 5) is 44.0. The SMILES string of the molecule is CC(C)c1ccc(NC(=O)[C@H]2[C@H]3C=C[C@@]4(O3)[C@H]2C(=O)N(CCc2ccccc2Cl)[C@@H]4C(=O)N[C@@H]2CCC[C@H](C)[C@H]2C)cc1. The molecule has 2 aromatic carbocycles. The lowest BCUT2D eigenvalue weighted by molar-refractivity contribution is -0.141. The van der Waals surface area contributed by atoms with Crippen LogP contribution < -0.4 is 10.6 Å². The quantitative estimate of drug-likeness (QED) is 0.377. The predicted octanol–water partition coefficient (Wildman–Crippen LogP) is 5.74. The van der Waals surface area contributed by atoms with Crippen molar-refractivity contribution in [2.75, 3.05) is 11.9 Å². The molecule has 228 valence electrons. The summed E-state index contributed by atoms with van der Waals surface area (Å²) in [7, 11) is 0. The first-order valence-corrected chi connectivity index (χ1v) is 16.1. The number of hydrogen-bond acceptors (Lipinski definition) is 4. The molecule has 3 heterocycles. The van der Waals surface area contributed by atoms with Crippen LogP contribution in [-0.2, 0) is 25.5 Å². The number of fused-ring (bicyclic) bond motifs is 1. The molecule has 1 aliphatic carbocycles. The van der Waals surface area contributed by atoms with Gasteiger partial charge in [0.25, 0.3) is 0 Å². The Hall–Kier alpha value is -3.16. The third-order valence-corrected chi connectivity index (χ3v) is 10.8. The summed E-state index contributed by atoms with van der Waals surface area (Å²) in [6.45, 7) is 8.96. The molecule has 43 heavy (non-hydrogen) atoms. The lowest BCUT2D eigenvalue weighted by Crippen LogP contribution is -2.58. The van der Waals surface area contributed by atoms with E-state index in [1.807, 2.05) is 60.7 Å². The first-order chi connectivity index (χ1) is 20.6. The van der Waals surface area contributed by atoms with Gasteiger partial charge in [-0.25, -0.2) is 0 Å². The smallest absolute Gasteiger partial charge is 0.246 e. The van der Waals surface area contributed by atoms with Crippen LogP contribution in [0, 0.1) is 23.7 Å². The van der Waals surface area contributed by atoms with E-state index in [9.17, 15) is 14.4 Å². The zero-order chi connectivity index (χ0) is 30.5. The maximum absolute atomic E-state index is 14.3. The number of nitrogens with one attached hydrogen (secondary N) is 2. The van der Waals surface area contributed by atoms with Gasteiger partial charge in [0, 0.05) is 23.3 Å². The molecule has 8 heteroatoms. The Bertz CT molecular complexity index is 1420. The Morgan fingerprint density at radius 1 is 1.07 bits per heavy atom. The highest BCUT2D eigenvalue weighted by molar-refractivity contribution is 6.31. The summed E-state index contributed by atoms with van der Waals surface area (Å²) in [5.41, 5.74) is 1.56. The van der Waals surface area contributed by atoms with Crippen molar-refractivity contribution in [2.45, 2.75) is 83.1 Å². The van der Waals surface area contributed by atoms with E-state index in [0.717, 1.165) is 24.8 Å². The number of likely N-dealkylation sites (tertiary alicyclic amines) is 1. The van der Waals surface area contributed by atoms with Gasteiger partial charge in [-0.15, -0.1) is 0 Å². The second kappa shape index (κ2) is 11.7. The van der Waals surface area contributed by atoms with Crippen LogP contribution >= 0.6 is 11.6 Å². The molecule has 3 amide bonds. The molecule has 4 aliphatic rings. The predicted molar refractivity (Wildman–Crippen MR) is 168 cm³/mol. The van der Waals surface area contributed by atoms with E-state index in [2.05, 4.69) is 38.3 Å². The highest BCUT2D eigenvalue weighted by Gasteiger charge is 2.72. The number of rotatable bonds is 8. The molecule has 2 saturated heterocycles. The van der Waals surface area contributed by atoms with Crippen LogP contribution in [-0.4, -0.2) is 53.0 Å². The molecule has 7 nitrogen and oxygen atoms in total. The summed E-state index contributed by atoms with van der Waals surface area (Å²) in [5, 5.41) is 6.96. The minimum atomic E-state index is -1.20. The van der Waals surface area contributed by atoms with E-state index in [1.54, 1.807) is 4.90 Å². The molecule has 6 rings (SSSR count). The molecule has 2 N–H and O–H groups in total. The summed E-state index contributed by atoms with van der Waals surface area (Å²) < 4.78 is 6.53. The molecule has 2 aromatic rings. The minimum absolute atomic E-state index is 0.0303. The minimum Gasteiger partial charge on any atom is -0.359 e. The van der Waals surface area contributed by atoms with Gasteiger partial charge in [-0.1, -0.05) is 94.6 Å². The number of hydrogen-bond donors (Lipinski definition) is 2. The van der Waals surface area contributed by atoms with Crippen LogP contribution in [0.2, 0.25) is 5.02 Å². The third kappa shape index (κ3) is 5.29. The summed E-state index contributed by atoms with van der Waals surface area (Å²) in [6.07, 6.45) is 6.76. The highest BCUT2D eigenvalue weighted by atomic mass is 35.5. The number of ether oxygens (including phenoxy) is 1. The number of anilines is 1. The second-order valence-electron chi connectivity index (χ2n) is 13.2. The van der Waals surface area contributed by atoms with Crippen molar-refractivity contribution in [3.63, 3.8) is 0 Å². The van der Waals surface area contributed by atoms with Crippen molar-refractivity contribution in [3.8, 4) is 0 Å². The van der Waals surface area contributed by atoms with Crippen molar-refractivity contribution in [1.29, 1.82) is 0 Å². The van der Waals surface area contributed by atoms with E-state index in [4.69, 9.17) is 16.3 Å². The van der Waals surface area contributed by atoms with Gasteiger partial charge in [-0.2, -0.15) is 0 Å². The van der Waals surface area contributed by atoms with Crippen molar-refractivity contribution >= 4 is 35.0 Å². The Labute approximate surface area is 259 Å². The fourth-order valence-electron chi connectivity index (χ4n) is 7.67. The molecule has 1 spiro atoms. The Morgan fingerprint density at radius 2 is 1.81 bits per heavy atom. The van der Waals surface area contributed by atoms with Crippen LogP contribution in [0.1, 0.15) is 64.0 Å². The zero-order valence-electron chi connectivity index (χ0n) is 25.4. The second-order valence-corrected chi connectivity index (χ2v) is 13.6. The summed E-state index contributed by atoms with van der Waals surface area (Å²) in [6, 6.07) is 14.5. The van der Waals surface area contributed by atoms with E-state index in [1.165, 1.54) is 5.56 Å². The average Bonchev–Trinajstić information content (AvgIpc) is 3.62. The number of benzene rings is 2. The van der Waals surface area contributed by atoms with Crippen LogP contribution in [0.15, 0.2) is 60.7 Å². The molecule has 0 aromatic heterocycles. The Morgan fingerprint density at radius 3 is 2.53 bits per heavy atom. The van der Waals surface area contributed by atoms with E-state index < -0.39 is 29.6 Å². The standard InChI is InChI=1S/C35H42ClN3O4/c1-20(2)23-12-14-25(15-13-23)37-32(40)29-28-16-18-35(43-28)30(29)34(42)39(19-17-24-9-5-6-10-26(24)36)31(35)33(41)38-27-11-7-8-21(3)22(27)4/h5-6,9-10,12-16,18,20-22,27-31H,7-8,11,17,19H2,1-4H3,(H,37,40)(H,38,41)/t21-,22+,27+,28+,29-,30+,31+,35+/m0/s1. The number of carbonyl (C=O) groups excluding carboxylic acids is 3. The largest absolute Gasteiger partial charge is 0.359 e. The number of carbonyl (C=O) groups is 3. The van der Waals surface area contributed by atoms with E-state index >= 15 is 0 Å². The van der Waals surface area contributed by atoms with Gasteiger partial charge < -0.3 is 20.3 Å². The number of amides is 3. The molecular weight excluding hydrogens is 562 g/mol. The van der Waals surface area contributed by atoms with Gasteiger partial charge in [-0.05, 0) is 59.9 Å². The third-order valence-electron chi connectivity index (χ3n) is 10.4. The normalized spacial score (nSPS) is 32.7. The van der Waals surface area contributed by atoms with Gasteiger partial charge in [0.15, 0.2) is 0 Å². The van der Waals surface area contributed by atoms with Gasteiger partial charge >= 0.3 is 0 Å². The Balaban J connectivity index is 1.29. The summed E-state index contributed by atoms with van der Waals surface area (Å²) >= 11 is 6.46. The lowest BCUT2D eigenvalue weighted by atomic mass is 9.73. The van der Waals surface area contributed by atoms with Crippen LogP contribution in [0.4, 0.5) is 5.69 Å². The van der Waals surface area contributed by atoms with Gasteiger partial charge in [0.2, 0.25) is 17.7 Å². The van der Waals surface area contributed by atoms with E-state index in [-0.39, 0.29) is 23.8 Å². The maximum Gasteiger partial charge on any atom is 0.246 e. The first kappa shape index (κ1) is 29.9. The zero-order valence-corrected chi connectivity index (χ0v) is 26.1. The van der Waals surface area contributed by atoms with Gasteiger partial charge in [0.1, 0.15) is 11.6 Å². The van der Waals surface area contributed by atoms with Crippen molar-refractivity contribution in [1.82, 2.24) is 10.2 Å². The molecule has 3 fully saturated rings. The van der Waals surface area contributed by atoms with Crippen molar-refractivity contribution in [3.05, 3.63) is 76.8 Å². The molecule has 0 radical (unpaired) electrons. The fourth-order valence-corrected chi connectivity index (χ4v) is 7.90. The highest BCUT2D eigenvalue weighted by Crippen LogP contribution is 2.55. The van der Waals surface area contributed by atoms with E-state index in [0.29, 0.717) is 41.4 Å². The lowest BCUT2D eigenvalue weighted by Gasteiger charge is -2.38. The number of halogens is 1. The summed E-state index contributed by atoms with van der Waals surface area (Å²) in [5.74, 6) is -1.02. The van der Waals surface area contributed by atoms with Gasteiger partial charge in [-0.3, -0.25) is 14.4 Å². The molecule has 1 saturated carbocycles. The number of nitrogens with zero attached hydrogens (tertiary/aromatic N) is 1. The molecule has 8 atom stereocenters. The molecule has 2 bridgehead atoms. The molecule has 3 aliphatic heterocycles. The van der Waals surface area contributed by atoms with Crippen LogP contribution in [0.25, 0.3) is 0 Å². The maximum atomic E-state index is 14.3. The van der Waals surface area contributed by atoms with Crippen LogP contribution in [0.3, 0.4) is 0 Å². The van der Waals surface area contributed by atoms with Gasteiger partial charge in [0.05, 0.1) is 17.9 Å². The van der Waals surface area contributed by atoms with Crippen molar-refractivity contribution in [2.24, 2.45) is 23.7 Å². The first-order valence-electron chi connectivity index (χ1n) is 15.7. The molecule has 0 unspecified atom stereocenters.